The van der Waals surface area contributed by atoms with E-state index in [4.69, 9.17) is 4.74 Å². The maximum Gasteiger partial charge on any atom is 0.358 e. The van der Waals surface area contributed by atoms with Crippen molar-refractivity contribution in [2.24, 2.45) is 0 Å². The molecule has 0 radical (unpaired) electrons. The van der Waals surface area contributed by atoms with Gasteiger partial charge in [-0.05, 0) is 30.7 Å². The molecule has 0 spiro atoms. The Hall–Kier alpha value is -3.41. The van der Waals surface area contributed by atoms with E-state index >= 15 is 0 Å². The van der Waals surface area contributed by atoms with Crippen LogP contribution in [0.1, 0.15) is 29.4 Å². The number of aryl methyl sites for hydroxylation is 1. The third kappa shape index (κ3) is 5.07. The smallest absolute Gasteiger partial charge is 0.358 e. The molecular formula is C22H23N3O3. The lowest BCUT2D eigenvalue weighted by molar-refractivity contribution is -0.119. The Balaban J connectivity index is 1.69. The van der Waals surface area contributed by atoms with Crippen LogP contribution in [0.2, 0.25) is 0 Å². The monoisotopic (exact) mass is 377 g/mol. The molecule has 1 aromatic heterocycles. The van der Waals surface area contributed by atoms with Gasteiger partial charge in [0.25, 0.3) is 0 Å². The molecule has 6 heteroatoms. The Morgan fingerprint density at radius 2 is 1.68 bits per heavy atom. The summed E-state index contributed by atoms with van der Waals surface area (Å²) in [6, 6.07) is 21.1. The molecule has 0 saturated carbocycles. The second-order valence-electron chi connectivity index (χ2n) is 6.24. The van der Waals surface area contributed by atoms with Crippen molar-refractivity contribution in [1.29, 1.82) is 0 Å². The van der Waals surface area contributed by atoms with Gasteiger partial charge in [-0.2, -0.15) is 5.10 Å². The number of benzene rings is 2. The molecule has 3 rings (SSSR count). The molecule has 0 fully saturated rings. The molecule has 1 amide bonds. The van der Waals surface area contributed by atoms with Crippen LogP contribution in [0.15, 0.2) is 72.9 Å². The Morgan fingerprint density at radius 3 is 2.36 bits per heavy atom. The first-order valence-electron chi connectivity index (χ1n) is 9.27. The van der Waals surface area contributed by atoms with Crippen LogP contribution in [0.25, 0.3) is 0 Å². The van der Waals surface area contributed by atoms with E-state index < -0.39 is 5.97 Å². The van der Waals surface area contributed by atoms with Crippen molar-refractivity contribution in [1.82, 2.24) is 9.78 Å². The lowest BCUT2D eigenvalue weighted by Gasteiger charge is -2.23. The molecule has 0 bridgehead atoms. The first-order chi connectivity index (χ1) is 13.7. The SMILES string of the molecule is CCOC(=O)c1ccn(CCC(=O)N(Cc2ccccc2)c2ccccc2)n1. The number of ether oxygens (including phenoxy) is 1. The van der Waals surface area contributed by atoms with Crippen molar-refractivity contribution in [3.63, 3.8) is 0 Å². The van der Waals surface area contributed by atoms with E-state index in [0.717, 1.165) is 11.3 Å². The predicted molar refractivity (Wildman–Crippen MR) is 107 cm³/mol. The quantitative estimate of drug-likeness (QED) is 0.562. The number of aromatic nitrogens is 2. The van der Waals surface area contributed by atoms with Gasteiger partial charge in [-0.25, -0.2) is 4.79 Å². The summed E-state index contributed by atoms with van der Waals surface area (Å²) in [7, 11) is 0. The lowest BCUT2D eigenvalue weighted by atomic mass is 10.2. The Bertz CT molecular complexity index is 907. The molecule has 1 heterocycles. The van der Waals surface area contributed by atoms with Crippen LogP contribution in [0.4, 0.5) is 5.69 Å². The van der Waals surface area contributed by atoms with Gasteiger partial charge in [0.2, 0.25) is 5.91 Å². The van der Waals surface area contributed by atoms with Gasteiger partial charge in [0.05, 0.1) is 13.2 Å². The minimum atomic E-state index is -0.456. The van der Waals surface area contributed by atoms with Crippen molar-refractivity contribution < 1.29 is 14.3 Å². The Kier molecular flexibility index (Phi) is 6.57. The summed E-state index contributed by atoms with van der Waals surface area (Å²) in [5, 5.41) is 4.19. The summed E-state index contributed by atoms with van der Waals surface area (Å²) in [4.78, 5) is 26.4. The van der Waals surface area contributed by atoms with Gasteiger partial charge >= 0.3 is 5.97 Å². The molecule has 28 heavy (non-hydrogen) atoms. The van der Waals surface area contributed by atoms with Crippen LogP contribution in [0.5, 0.6) is 0 Å². The van der Waals surface area contributed by atoms with Gasteiger partial charge < -0.3 is 9.64 Å². The summed E-state index contributed by atoms with van der Waals surface area (Å²) in [5.41, 5.74) is 2.16. The standard InChI is InChI=1S/C22H23N3O3/c1-2-28-22(27)20-13-15-24(23-20)16-14-21(26)25(19-11-7-4-8-12-19)17-18-9-5-3-6-10-18/h3-13,15H,2,14,16-17H2,1H3. The van der Waals surface area contributed by atoms with E-state index in [0.29, 0.717) is 19.7 Å². The van der Waals surface area contributed by atoms with Gasteiger partial charge in [0.1, 0.15) is 0 Å². The molecule has 0 unspecified atom stereocenters. The van der Waals surface area contributed by atoms with E-state index in [-0.39, 0.29) is 18.0 Å². The van der Waals surface area contributed by atoms with Crippen LogP contribution in [0, 0.1) is 0 Å². The first-order valence-corrected chi connectivity index (χ1v) is 9.27. The zero-order chi connectivity index (χ0) is 19.8. The van der Waals surface area contributed by atoms with Crippen molar-refractivity contribution in [2.75, 3.05) is 11.5 Å². The van der Waals surface area contributed by atoms with E-state index in [2.05, 4.69) is 5.10 Å². The lowest BCUT2D eigenvalue weighted by Crippen LogP contribution is -2.31. The molecule has 0 aliphatic rings. The molecule has 0 N–H and O–H groups in total. The number of anilines is 1. The number of esters is 1. The number of hydrogen-bond donors (Lipinski definition) is 0. The molecule has 144 valence electrons. The summed E-state index contributed by atoms with van der Waals surface area (Å²) >= 11 is 0. The van der Waals surface area contributed by atoms with Crippen LogP contribution in [0.3, 0.4) is 0 Å². The number of hydrogen-bond acceptors (Lipinski definition) is 4. The fourth-order valence-electron chi connectivity index (χ4n) is 2.84. The molecule has 6 nitrogen and oxygen atoms in total. The van der Waals surface area contributed by atoms with Gasteiger partial charge in [-0.3, -0.25) is 9.48 Å². The highest BCUT2D eigenvalue weighted by Crippen LogP contribution is 2.18. The molecule has 0 aliphatic carbocycles. The predicted octanol–water partition coefficient (Wildman–Crippen LogP) is 3.68. The minimum Gasteiger partial charge on any atom is -0.461 e. The maximum absolute atomic E-state index is 13.0. The van der Waals surface area contributed by atoms with Gasteiger partial charge in [-0.15, -0.1) is 0 Å². The van der Waals surface area contributed by atoms with Crippen molar-refractivity contribution in [2.45, 2.75) is 26.4 Å². The number of amides is 1. The number of rotatable bonds is 8. The Labute approximate surface area is 164 Å². The van der Waals surface area contributed by atoms with Gasteiger partial charge in [0.15, 0.2) is 5.69 Å². The average Bonchev–Trinajstić information content (AvgIpc) is 3.21. The highest BCUT2D eigenvalue weighted by Gasteiger charge is 2.17. The summed E-state index contributed by atoms with van der Waals surface area (Å²) in [5.74, 6) is -0.467. The van der Waals surface area contributed by atoms with Crippen LogP contribution >= 0.6 is 0 Å². The zero-order valence-electron chi connectivity index (χ0n) is 15.8. The van der Waals surface area contributed by atoms with Crippen molar-refractivity contribution >= 4 is 17.6 Å². The summed E-state index contributed by atoms with van der Waals surface area (Å²) < 4.78 is 6.53. The average molecular weight is 377 g/mol. The molecule has 2 aromatic carbocycles. The molecule has 0 saturated heterocycles. The molecule has 3 aromatic rings. The minimum absolute atomic E-state index is 0.0109. The van der Waals surface area contributed by atoms with E-state index in [1.165, 1.54) is 0 Å². The number of para-hydroxylation sites is 1. The fraction of sp³-hybridized carbons (Fsp3) is 0.227. The number of nitrogens with zero attached hydrogens (tertiary/aromatic N) is 3. The molecular weight excluding hydrogens is 354 g/mol. The Morgan fingerprint density at radius 1 is 1.00 bits per heavy atom. The topological polar surface area (TPSA) is 64.4 Å². The number of carbonyl (C=O) groups excluding carboxylic acids is 2. The maximum atomic E-state index is 13.0. The van der Waals surface area contributed by atoms with E-state index in [1.54, 1.807) is 28.8 Å². The highest BCUT2D eigenvalue weighted by molar-refractivity contribution is 5.93. The highest BCUT2D eigenvalue weighted by atomic mass is 16.5. The van der Waals surface area contributed by atoms with E-state index in [1.807, 2.05) is 60.7 Å². The van der Waals surface area contributed by atoms with Crippen molar-refractivity contribution in [3.8, 4) is 0 Å². The largest absolute Gasteiger partial charge is 0.461 e. The second-order valence-corrected chi connectivity index (χ2v) is 6.24. The third-order valence-electron chi connectivity index (χ3n) is 4.23. The summed E-state index contributed by atoms with van der Waals surface area (Å²) in [6.45, 7) is 2.93. The zero-order valence-corrected chi connectivity index (χ0v) is 15.8. The third-order valence-corrected chi connectivity index (χ3v) is 4.23. The van der Waals surface area contributed by atoms with Crippen molar-refractivity contribution in [3.05, 3.63) is 84.2 Å². The fourth-order valence-corrected chi connectivity index (χ4v) is 2.84. The van der Waals surface area contributed by atoms with Crippen LogP contribution in [-0.4, -0.2) is 28.3 Å². The number of carbonyl (C=O) groups is 2. The van der Waals surface area contributed by atoms with Gasteiger partial charge in [-0.1, -0.05) is 48.5 Å². The molecule has 0 atom stereocenters. The normalized spacial score (nSPS) is 10.5. The molecule has 0 aliphatic heterocycles. The van der Waals surface area contributed by atoms with Crippen LogP contribution in [-0.2, 0) is 22.6 Å². The van der Waals surface area contributed by atoms with Crippen LogP contribution < -0.4 is 4.90 Å². The van der Waals surface area contributed by atoms with Gasteiger partial charge in [0, 0.05) is 24.8 Å². The van der Waals surface area contributed by atoms with E-state index in [9.17, 15) is 9.59 Å². The second kappa shape index (κ2) is 9.50. The summed E-state index contributed by atoms with van der Waals surface area (Å²) in [6.07, 6.45) is 1.95. The first kappa shape index (κ1) is 19.4.